The van der Waals surface area contributed by atoms with Crippen LogP contribution < -0.4 is 5.32 Å². The van der Waals surface area contributed by atoms with Gasteiger partial charge in [0.2, 0.25) is 15.9 Å². The Morgan fingerprint density at radius 1 is 1.35 bits per heavy atom. The van der Waals surface area contributed by atoms with E-state index in [0.29, 0.717) is 13.0 Å². The monoisotopic (exact) mass is 299 g/mol. The Hall–Kier alpha value is -1.47. The van der Waals surface area contributed by atoms with Crippen LogP contribution in [0.1, 0.15) is 25.3 Å². The minimum atomic E-state index is -3.31. The van der Waals surface area contributed by atoms with Crippen molar-refractivity contribution in [2.24, 2.45) is 0 Å². The number of amides is 1. The zero-order chi connectivity index (χ0) is 15.0. The highest BCUT2D eigenvalue weighted by atomic mass is 32.2. The Bertz CT molecular complexity index is 517. The second-order valence-electron chi connectivity index (χ2n) is 4.55. The molecule has 1 N–H and O–H groups in total. The fraction of sp³-hybridized carbons (Fsp3) is 0.538. The minimum Gasteiger partial charge on any atom is -0.355 e. The summed E-state index contributed by atoms with van der Waals surface area (Å²) < 4.78 is 24.8. The number of hydrogen-bond donors (Lipinski definition) is 1. The topological polar surface area (TPSA) is 79.4 Å². The van der Waals surface area contributed by atoms with Gasteiger partial charge in [-0.1, -0.05) is 6.92 Å². The van der Waals surface area contributed by atoms with Gasteiger partial charge in [0, 0.05) is 38.4 Å². The van der Waals surface area contributed by atoms with Crippen molar-refractivity contribution in [1.82, 2.24) is 14.6 Å². The van der Waals surface area contributed by atoms with Gasteiger partial charge in [-0.2, -0.15) is 4.31 Å². The highest BCUT2D eigenvalue weighted by molar-refractivity contribution is 7.88. The molecule has 0 aromatic carbocycles. The number of nitrogens with zero attached hydrogens (tertiary/aromatic N) is 2. The second-order valence-corrected chi connectivity index (χ2v) is 6.53. The molecule has 0 atom stereocenters. The summed E-state index contributed by atoms with van der Waals surface area (Å²) in [4.78, 5) is 15.2. The fourth-order valence-corrected chi connectivity index (χ4v) is 2.50. The van der Waals surface area contributed by atoms with Crippen LogP contribution in [-0.2, 0) is 21.4 Å². The van der Waals surface area contributed by atoms with Crippen molar-refractivity contribution in [3.63, 3.8) is 0 Å². The Labute approximate surface area is 120 Å². The number of rotatable bonds is 8. The van der Waals surface area contributed by atoms with Crippen LogP contribution in [0.25, 0.3) is 0 Å². The molecule has 0 aliphatic carbocycles. The van der Waals surface area contributed by atoms with E-state index >= 15 is 0 Å². The average Bonchev–Trinajstić information content (AvgIpc) is 2.38. The van der Waals surface area contributed by atoms with Gasteiger partial charge < -0.3 is 5.32 Å². The van der Waals surface area contributed by atoms with Gasteiger partial charge in [0.15, 0.2) is 0 Å². The Morgan fingerprint density at radius 2 is 2.00 bits per heavy atom. The van der Waals surface area contributed by atoms with E-state index in [-0.39, 0.29) is 19.0 Å². The van der Waals surface area contributed by atoms with Gasteiger partial charge in [-0.15, -0.1) is 0 Å². The lowest BCUT2D eigenvalue weighted by atomic mass is 10.3. The molecule has 1 aromatic heterocycles. The van der Waals surface area contributed by atoms with E-state index < -0.39 is 10.0 Å². The van der Waals surface area contributed by atoms with Crippen molar-refractivity contribution in [3.8, 4) is 0 Å². The molecule has 0 aliphatic heterocycles. The molecule has 7 heteroatoms. The lowest BCUT2D eigenvalue weighted by Crippen LogP contribution is -2.37. The Kier molecular flexibility index (Phi) is 6.60. The Balaban J connectivity index is 2.56. The molecule has 20 heavy (non-hydrogen) atoms. The number of pyridine rings is 1. The maximum absolute atomic E-state index is 11.7. The molecular weight excluding hydrogens is 278 g/mol. The third-order valence-electron chi connectivity index (χ3n) is 2.74. The zero-order valence-electron chi connectivity index (χ0n) is 11.9. The summed E-state index contributed by atoms with van der Waals surface area (Å²) in [6.45, 7) is 2.78. The number of sulfonamides is 1. The first-order chi connectivity index (χ1) is 9.43. The van der Waals surface area contributed by atoms with Crippen LogP contribution in [0.2, 0.25) is 0 Å². The summed E-state index contributed by atoms with van der Waals surface area (Å²) in [6, 6.07) is 3.54. The van der Waals surface area contributed by atoms with E-state index in [2.05, 4.69) is 10.3 Å². The van der Waals surface area contributed by atoms with Crippen LogP contribution in [0.3, 0.4) is 0 Å². The molecule has 1 aromatic rings. The Morgan fingerprint density at radius 3 is 2.55 bits per heavy atom. The lowest BCUT2D eigenvalue weighted by Gasteiger charge is -2.20. The summed E-state index contributed by atoms with van der Waals surface area (Å²) >= 11 is 0. The minimum absolute atomic E-state index is 0.0511. The van der Waals surface area contributed by atoms with Crippen molar-refractivity contribution in [1.29, 1.82) is 0 Å². The van der Waals surface area contributed by atoms with E-state index in [0.717, 1.165) is 12.0 Å². The molecule has 0 bridgehead atoms. The largest absolute Gasteiger partial charge is 0.355 e. The van der Waals surface area contributed by atoms with Crippen LogP contribution in [0, 0.1) is 0 Å². The molecule has 0 aliphatic rings. The highest BCUT2D eigenvalue weighted by Crippen LogP contribution is 2.06. The van der Waals surface area contributed by atoms with Crippen LogP contribution in [-0.4, -0.2) is 43.0 Å². The van der Waals surface area contributed by atoms with Gasteiger partial charge >= 0.3 is 0 Å². The SMILES string of the molecule is CCCC(=O)NCCN(Cc1ccncc1)S(C)(=O)=O. The molecule has 6 nitrogen and oxygen atoms in total. The van der Waals surface area contributed by atoms with Crippen molar-refractivity contribution in [2.45, 2.75) is 26.3 Å². The van der Waals surface area contributed by atoms with E-state index in [1.54, 1.807) is 24.5 Å². The summed E-state index contributed by atoms with van der Waals surface area (Å²) in [5.74, 6) is -0.0511. The molecule has 0 fully saturated rings. The number of hydrogen-bond acceptors (Lipinski definition) is 4. The second kappa shape index (κ2) is 7.96. The quantitative estimate of drug-likeness (QED) is 0.768. The normalized spacial score (nSPS) is 11.6. The molecular formula is C13H21N3O3S. The molecule has 0 radical (unpaired) electrons. The lowest BCUT2D eigenvalue weighted by molar-refractivity contribution is -0.121. The molecule has 0 saturated heterocycles. The summed E-state index contributed by atoms with van der Waals surface area (Å²) in [7, 11) is -3.31. The molecule has 0 saturated carbocycles. The summed E-state index contributed by atoms with van der Waals surface area (Å²) in [5.41, 5.74) is 0.866. The average molecular weight is 299 g/mol. The molecule has 0 spiro atoms. The first kappa shape index (κ1) is 16.6. The van der Waals surface area contributed by atoms with E-state index in [1.807, 2.05) is 6.92 Å². The van der Waals surface area contributed by atoms with Crippen molar-refractivity contribution in [2.75, 3.05) is 19.3 Å². The number of carbonyl (C=O) groups excluding carboxylic acids is 1. The van der Waals surface area contributed by atoms with Gasteiger partial charge in [-0.25, -0.2) is 8.42 Å². The van der Waals surface area contributed by atoms with E-state index in [9.17, 15) is 13.2 Å². The fourth-order valence-electron chi connectivity index (χ4n) is 1.69. The van der Waals surface area contributed by atoms with Gasteiger partial charge in [-0.3, -0.25) is 9.78 Å². The first-order valence-corrected chi connectivity index (χ1v) is 8.39. The molecule has 0 unspecified atom stereocenters. The van der Waals surface area contributed by atoms with Gasteiger partial charge in [-0.05, 0) is 24.1 Å². The highest BCUT2D eigenvalue weighted by Gasteiger charge is 2.16. The summed E-state index contributed by atoms with van der Waals surface area (Å²) in [5, 5.41) is 2.71. The van der Waals surface area contributed by atoms with Crippen molar-refractivity contribution >= 4 is 15.9 Å². The molecule has 112 valence electrons. The maximum Gasteiger partial charge on any atom is 0.220 e. The maximum atomic E-state index is 11.7. The predicted molar refractivity (Wildman–Crippen MR) is 77.4 cm³/mol. The summed E-state index contributed by atoms with van der Waals surface area (Å²) in [6.07, 6.45) is 5.65. The zero-order valence-corrected chi connectivity index (χ0v) is 12.7. The van der Waals surface area contributed by atoms with Gasteiger partial charge in [0.05, 0.1) is 6.26 Å². The van der Waals surface area contributed by atoms with Crippen molar-refractivity contribution < 1.29 is 13.2 Å². The number of aromatic nitrogens is 1. The first-order valence-electron chi connectivity index (χ1n) is 6.54. The van der Waals surface area contributed by atoms with E-state index in [1.165, 1.54) is 10.6 Å². The van der Waals surface area contributed by atoms with Crippen molar-refractivity contribution in [3.05, 3.63) is 30.1 Å². The van der Waals surface area contributed by atoms with Crippen LogP contribution >= 0.6 is 0 Å². The number of carbonyl (C=O) groups is 1. The van der Waals surface area contributed by atoms with Crippen LogP contribution in [0.4, 0.5) is 0 Å². The number of nitrogens with one attached hydrogen (secondary N) is 1. The van der Waals surface area contributed by atoms with Gasteiger partial charge in [0.1, 0.15) is 0 Å². The molecule has 1 rings (SSSR count). The van der Waals surface area contributed by atoms with Crippen LogP contribution in [0.5, 0.6) is 0 Å². The third-order valence-corrected chi connectivity index (χ3v) is 3.99. The predicted octanol–water partition coefficient (Wildman–Crippen LogP) is 0.759. The third kappa shape index (κ3) is 6.12. The van der Waals surface area contributed by atoms with E-state index in [4.69, 9.17) is 0 Å². The van der Waals surface area contributed by atoms with Crippen LogP contribution in [0.15, 0.2) is 24.5 Å². The molecule has 1 heterocycles. The standard InChI is InChI=1S/C13H21N3O3S/c1-3-4-13(17)15-9-10-16(20(2,18)19)11-12-5-7-14-8-6-12/h5-8H,3-4,9-11H2,1-2H3,(H,15,17). The van der Waals surface area contributed by atoms with Gasteiger partial charge in [0.25, 0.3) is 0 Å². The smallest absolute Gasteiger partial charge is 0.220 e. The molecule has 1 amide bonds.